The zero-order chi connectivity index (χ0) is 9.31. The van der Waals surface area contributed by atoms with Gasteiger partial charge in [-0.3, -0.25) is 0 Å². The summed E-state index contributed by atoms with van der Waals surface area (Å²) in [5, 5.41) is 2.93. The van der Waals surface area contributed by atoms with E-state index >= 15 is 0 Å². The average molecular weight is 182 g/mol. The Balaban J connectivity index is 2.08. The Bertz CT molecular complexity index is 205. The largest absolute Gasteiger partial charge is 0.338 e. The zero-order valence-corrected chi connectivity index (χ0v) is 8.31. The van der Waals surface area contributed by atoms with Crippen LogP contribution in [-0.2, 0) is 0 Å². The van der Waals surface area contributed by atoms with Gasteiger partial charge in [-0.15, -0.1) is 0 Å². The number of hydrogen-bond acceptors (Lipinski definition) is 1. The molecular weight excluding hydrogens is 164 g/mol. The van der Waals surface area contributed by atoms with Crippen molar-refractivity contribution in [2.24, 2.45) is 0 Å². The second-order valence-corrected chi connectivity index (χ2v) is 4.17. The summed E-state index contributed by atoms with van der Waals surface area (Å²) in [6.45, 7) is 4.01. The van der Waals surface area contributed by atoms with Gasteiger partial charge in [0.15, 0.2) is 0 Å². The van der Waals surface area contributed by atoms with Gasteiger partial charge in [0.1, 0.15) is 0 Å². The third-order valence-electron chi connectivity index (χ3n) is 3.59. The molecule has 0 bridgehead atoms. The molecule has 74 valence electrons. The first-order chi connectivity index (χ1) is 6.28. The molecule has 0 aromatic rings. The van der Waals surface area contributed by atoms with Crippen molar-refractivity contribution in [3.05, 3.63) is 0 Å². The smallest absolute Gasteiger partial charge is 0.317 e. The Kier molecular flexibility index (Phi) is 2.18. The van der Waals surface area contributed by atoms with E-state index in [2.05, 4.69) is 17.1 Å². The highest BCUT2D eigenvalue weighted by Crippen LogP contribution is 2.40. The number of nitrogens with zero attached hydrogens (tertiary/aromatic N) is 1. The SMILES string of the molecule is CCC1(N2CCCNC2=O)CCC1. The molecule has 0 atom stereocenters. The van der Waals surface area contributed by atoms with E-state index in [0.29, 0.717) is 0 Å². The topological polar surface area (TPSA) is 32.3 Å². The van der Waals surface area contributed by atoms with Crippen LogP contribution in [0.2, 0.25) is 0 Å². The van der Waals surface area contributed by atoms with E-state index in [0.717, 1.165) is 25.9 Å². The highest BCUT2D eigenvalue weighted by Gasteiger charge is 2.43. The molecule has 13 heavy (non-hydrogen) atoms. The summed E-state index contributed by atoms with van der Waals surface area (Å²) < 4.78 is 0. The third kappa shape index (κ3) is 1.30. The Hall–Kier alpha value is -0.730. The van der Waals surface area contributed by atoms with Crippen molar-refractivity contribution in [1.29, 1.82) is 0 Å². The molecule has 2 amide bonds. The van der Waals surface area contributed by atoms with Crippen LogP contribution in [0.5, 0.6) is 0 Å². The molecule has 1 heterocycles. The summed E-state index contributed by atoms with van der Waals surface area (Å²) in [5.41, 5.74) is 0.227. The Morgan fingerprint density at radius 3 is 2.69 bits per heavy atom. The molecule has 2 rings (SSSR count). The van der Waals surface area contributed by atoms with Gasteiger partial charge in [0.2, 0.25) is 0 Å². The molecule has 1 N–H and O–H groups in total. The molecule has 0 aromatic heterocycles. The molecule has 0 spiro atoms. The minimum Gasteiger partial charge on any atom is -0.338 e. The van der Waals surface area contributed by atoms with E-state index in [-0.39, 0.29) is 11.6 Å². The van der Waals surface area contributed by atoms with Gasteiger partial charge in [-0.1, -0.05) is 6.92 Å². The van der Waals surface area contributed by atoms with Crippen molar-refractivity contribution in [2.75, 3.05) is 13.1 Å². The normalized spacial score (nSPS) is 26.5. The van der Waals surface area contributed by atoms with Crippen LogP contribution in [0.3, 0.4) is 0 Å². The van der Waals surface area contributed by atoms with Crippen LogP contribution in [0.4, 0.5) is 4.79 Å². The minimum absolute atomic E-state index is 0.160. The summed E-state index contributed by atoms with van der Waals surface area (Å²) in [6, 6.07) is 0.160. The second kappa shape index (κ2) is 3.20. The molecule has 3 heteroatoms. The van der Waals surface area contributed by atoms with E-state index in [1.807, 2.05) is 0 Å². The lowest BCUT2D eigenvalue weighted by Gasteiger charge is -2.51. The number of urea groups is 1. The van der Waals surface area contributed by atoms with Crippen molar-refractivity contribution in [2.45, 2.75) is 44.6 Å². The first kappa shape index (κ1) is 8.85. The van der Waals surface area contributed by atoms with Crippen LogP contribution < -0.4 is 5.32 Å². The summed E-state index contributed by atoms with van der Waals surface area (Å²) in [4.78, 5) is 13.7. The maximum atomic E-state index is 11.6. The lowest BCUT2D eigenvalue weighted by Crippen LogP contribution is -2.61. The van der Waals surface area contributed by atoms with Gasteiger partial charge >= 0.3 is 6.03 Å². The maximum absolute atomic E-state index is 11.6. The Morgan fingerprint density at radius 1 is 1.46 bits per heavy atom. The van der Waals surface area contributed by atoms with Gasteiger partial charge < -0.3 is 10.2 Å². The molecule has 0 aromatic carbocycles. The molecule has 3 nitrogen and oxygen atoms in total. The van der Waals surface area contributed by atoms with Gasteiger partial charge in [-0.05, 0) is 32.1 Å². The Labute approximate surface area is 79.5 Å². The van der Waals surface area contributed by atoms with Gasteiger partial charge in [-0.25, -0.2) is 4.79 Å². The van der Waals surface area contributed by atoms with E-state index in [1.165, 1.54) is 19.3 Å². The summed E-state index contributed by atoms with van der Waals surface area (Å²) in [5.74, 6) is 0. The molecule has 1 aliphatic carbocycles. The number of amides is 2. The number of rotatable bonds is 2. The molecule has 1 aliphatic heterocycles. The third-order valence-corrected chi connectivity index (χ3v) is 3.59. The quantitative estimate of drug-likeness (QED) is 0.693. The van der Waals surface area contributed by atoms with Crippen LogP contribution in [0.1, 0.15) is 39.0 Å². The Morgan fingerprint density at radius 2 is 2.23 bits per heavy atom. The van der Waals surface area contributed by atoms with Crippen molar-refractivity contribution >= 4 is 6.03 Å². The molecule has 2 aliphatic rings. The monoisotopic (exact) mass is 182 g/mol. The fourth-order valence-corrected chi connectivity index (χ4v) is 2.48. The number of carbonyl (C=O) groups is 1. The van der Waals surface area contributed by atoms with Crippen molar-refractivity contribution < 1.29 is 4.79 Å². The van der Waals surface area contributed by atoms with E-state index in [4.69, 9.17) is 0 Å². The van der Waals surface area contributed by atoms with Crippen LogP contribution in [0.15, 0.2) is 0 Å². The zero-order valence-electron chi connectivity index (χ0n) is 8.31. The predicted octanol–water partition coefficient (Wildman–Crippen LogP) is 1.73. The molecule has 0 radical (unpaired) electrons. The van der Waals surface area contributed by atoms with Crippen LogP contribution in [0, 0.1) is 0 Å². The van der Waals surface area contributed by atoms with Gasteiger partial charge in [0, 0.05) is 18.6 Å². The molecule has 2 fully saturated rings. The lowest BCUT2D eigenvalue weighted by molar-refractivity contribution is 0.0343. The second-order valence-electron chi connectivity index (χ2n) is 4.17. The van der Waals surface area contributed by atoms with Gasteiger partial charge in [0.25, 0.3) is 0 Å². The average Bonchev–Trinajstić information content (AvgIpc) is 2.07. The predicted molar refractivity (Wildman–Crippen MR) is 51.6 cm³/mol. The number of hydrogen-bond donors (Lipinski definition) is 1. The summed E-state index contributed by atoms with van der Waals surface area (Å²) >= 11 is 0. The minimum atomic E-state index is 0.160. The summed E-state index contributed by atoms with van der Waals surface area (Å²) in [7, 11) is 0. The van der Waals surface area contributed by atoms with Crippen molar-refractivity contribution in [3.63, 3.8) is 0 Å². The lowest BCUT2D eigenvalue weighted by atomic mass is 9.73. The van der Waals surface area contributed by atoms with Crippen molar-refractivity contribution in [3.8, 4) is 0 Å². The van der Waals surface area contributed by atoms with Crippen LogP contribution >= 0.6 is 0 Å². The first-order valence-corrected chi connectivity index (χ1v) is 5.34. The number of carbonyl (C=O) groups excluding carboxylic acids is 1. The highest BCUT2D eigenvalue weighted by atomic mass is 16.2. The molecule has 1 saturated carbocycles. The highest BCUT2D eigenvalue weighted by molar-refractivity contribution is 5.76. The molecular formula is C10H18N2O. The first-order valence-electron chi connectivity index (χ1n) is 5.34. The molecule has 1 saturated heterocycles. The van der Waals surface area contributed by atoms with Gasteiger partial charge in [0.05, 0.1) is 0 Å². The van der Waals surface area contributed by atoms with Crippen LogP contribution in [-0.4, -0.2) is 29.6 Å². The van der Waals surface area contributed by atoms with Crippen LogP contribution in [0.25, 0.3) is 0 Å². The standard InChI is InChI=1S/C10H18N2O/c1-2-10(5-3-6-10)12-8-4-7-11-9(12)13/h2-8H2,1H3,(H,11,13). The van der Waals surface area contributed by atoms with Crippen molar-refractivity contribution in [1.82, 2.24) is 10.2 Å². The fraction of sp³-hybridized carbons (Fsp3) is 0.900. The van der Waals surface area contributed by atoms with E-state index in [9.17, 15) is 4.79 Å². The molecule has 0 unspecified atom stereocenters. The van der Waals surface area contributed by atoms with E-state index in [1.54, 1.807) is 0 Å². The number of nitrogens with one attached hydrogen (secondary N) is 1. The maximum Gasteiger partial charge on any atom is 0.317 e. The van der Waals surface area contributed by atoms with Gasteiger partial charge in [-0.2, -0.15) is 0 Å². The van der Waals surface area contributed by atoms with E-state index < -0.39 is 0 Å². The fourth-order valence-electron chi connectivity index (χ4n) is 2.48. The summed E-state index contributed by atoms with van der Waals surface area (Å²) in [6.07, 6.45) is 5.92.